The third-order valence-electron chi connectivity index (χ3n) is 5.01. The van der Waals surface area contributed by atoms with E-state index in [9.17, 15) is 0 Å². The number of benzene rings is 2. The summed E-state index contributed by atoms with van der Waals surface area (Å²) in [5.74, 6) is 1.85. The summed E-state index contributed by atoms with van der Waals surface area (Å²) >= 11 is 0. The number of anilines is 1. The van der Waals surface area contributed by atoms with Crippen LogP contribution >= 0.6 is 0 Å². The molecule has 5 nitrogen and oxygen atoms in total. The van der Waals surface area contributed by atoms with E-state index >= 15 is 0 Å². The average molecular weight is 362 g/mol. The van der Waals surface area contributed by atoms with E-state index < -0.39 is 0 Å². The Balaban J connectivity index is 1.26. The molecule has 0 radical (unpaired) electrons. The van der Waals surface area contributed by atoms with Crippen molar-refractivity contribution in [1.29, 1.82) is 0 Å². The highest BCUT2D eigenvalue weighted by Gasteiger charge is 2.23. The zero-order valence-electron chi connectivity index (χ0n) is 15.7. The molecule has 0 saturated carbocycles. The van der Waals surface area contributed by atoms with Crippen molar-refractivity contribution < 1.29 is 4.42 Å². The second-order valence-corrected chi connectivity index (χ2v) is 6.91. The molecule has 0 aliphatic carbocycles. The quantitative estimate of drug-likeness (QED) is 0.539. The summed E-state index contributed by atoms with van der Waals surface area (Å²) in [7, 11) is 1.82. The number of fused-ring (bicyclic) bond motifs is 1. The molecule has 1 unspecified atom stereocenters. The number of nitrogens with one attached hydrogen (secondary N) is 2. The third kappa shape index (κ3) is 4.25. The van der Waals surface area contributed by atoms with Gasteiger partial charge in [0.2, 0.25) is 0 Å². The van der Waals surface area contributed by atoms with E-state index in [0.29, 0.717) is 6.04 Å². The Bertz CT molecular complexity index is 870. The van der Waals surface area contributed by atoms with Crippen LogP contribution in [0.25, 0.3) is 11.0 Å². The van der Waals surface area contributed by atoms with Gasteiger partial charge in [0.1, 0.15) is 11.3 Å². The van der Waals surface area contributed by atoms with Gasteiger partial charge in [0.15, 0.2) is 5.96 Å². The van der Waals surface area contributed by atoms with E-state index in [-0.39, 0.29) is 0 Å². The molecule has 1 aromatic heterocycles. The molecule has 3 aromatic rings. The van der Waals surface area contributed by atoms with Gasteiger partial charge in [-0.15, -0.1) is 0 Å². The maximum Gasteiger partial charge on any atom is 0.191 e. The van der Waals surface area contributed by atoms with Gasteiger partial charge in [0.25, 0.3) is 0 Å². The molecule has 1 aliphatic rings. The van der Waals surface area contributed by atoms with Crippen molar-refractivity contribution in [3.8, 4) is 0 Å². The summed E-state index contributed by atoms with van der Waals surface area (Å²) < 4.78 is 5.87. The predicted molar refractivity (Wildman–Crippen MR) is 111 cm³/mol. The molecule has 1 fully saturated rings. The topological polar surface area (TPSA) is 52.8 Å². The van der Waals surface area contributed by atoms with Crippen LogP contribution in [0.2, 0.25) is 0 Å². The Morgan fingerprint density at radius 3 is 2.78 bits per heavy atom. The molecule has 0 amide bonds. The van der Waals surface area contributed by atoms with Crippen LogP contribution in [-0.2, 0) is 6.42 Å². The smallest absolute Gasteiger partial charge is 0.191 e. The van der Waals surface area contributed by atoms with Crippen LogP contribution in [0.5, 0.6) is 0 Å². The first-order valence-electron chi connectivity index (χ1n) is 9.56. The van der Waals surface area contributed by atoms with Crippen molar-refractivity contribution >= 4 is 22.6 Å². The third-order valence-corrected chi connectivity index (χ3v) is 5.01. The number of nitrogens with zero attached hydrogens (tertiary/aromatic N) is 2. The first kappa shape index (κ1) is 17.5. The van der Waals surface area contributed by atoms with Crippen LogP contribution in [0.3, 0.4) is 0 Å². The minimum Gasteiger partial charge on any atom is -0.461 e. The van der Waals surface area contributed by atoms with E-state index in [1.165, 1.54) is 5.69 Å². The van der Waals surface area contributed by atoms with Gasteiger partial charge in [-0.1, -0.05) is 36.4 Å². The van der Waals surface area contributed by atoms with E-state index in [4.69, 9.17) is 4.42 Å². The minimum atomic E-state index is 0.405. The summed E-state index contributed by atoms with van der Waals surface area (Å²) in [5.41, 5.74) is 2.23. The minimum absolute atomic E-state index is 0.405. The molecular formula is C22H26N4O. The number of rotatable bonds is 5. The van der Waals surface area contributed by atoms with Crippen LogP contribution < -0.4 is 15.5 Å². The highest BCUT2D eigenvalue weighted by molar-refractivity contribution is 5.80. The van der Waals surface area contributed by atoms with Crippen LogP contribution in [0.1, 0.15) is 12.2 Å². The van der Waals surface area contributed by atoms with E-state index in [2.05, 4.69) is 63.0 Å². The molecule has 27 heavy (non-hydrogen) atoms. The number of guanidine groups is 1. The molecule has 1 saturated heterocycles. The SMILES string of the molecule is CN=C(NCCc1cc2ccccc2o1)NC1CCN(c2ccccc2)C1. The second kappa shape index (κ2) is 8.16. The van der Waals surface area contributed by atoms with E-state index in [1.807, 2.05) is 25.2 Å². The lowest BCUT2D eigenvalue weighted by atomic mass is 10.2. The fourth-order valence-electron chi connectivity index (χ4n) is 3.60. The molecule has 0 spiro atoms. The Morgan fingerprint density at radius 2 is 1.96 bits per heavy atom. The number of aliphatic imine (C=N–C) groups is 1. The van der Waals surface area contributed by atoms with Gasteiger partial charge in [0, 0.05) is 50.2 Å². The lowest BCUT2D eigenvalue weighted by Gasteiger charge is -2.20. The first-order valence-corrected chi connectivity index (χ1v) is 9.56. The summed E-state index contributed by atoms with van der Waals surface area (Å²) in [4.78, 5) is 6.78. The summed E-state index contributed by atoms with van der Waals surface area (Å²) in [6, 6.07) is 21.2. The molecule has 5 heteroatoms. The van der Waals surface area contributed by atoms with Gasteiger partial charge in [-0.3, -0.25) is 4.99 Å². The van der Waals surface area contributed by atoms with Gasteiger partial charge in [-0.05, 0) is 30.7 Å². The molecule has 1 aliphatic heterocycles. The summed E-state index contributed by atoms with van der Waals surface area (Å²) in [6.45, 7) is 2.85. The van der Waals surface area contributed by atoms with Crippen LogP contribution in [-0.4, -0.2) is 38.7 Å². The van der Waals surface area contributed by atoms with Crippen LogP contribution in [0.15, 0.2) is 70.1 Å². The van der Waals surface area contributed by atoms with Crippen LogP contribution in [0, 0.1) is 0 Å². The molecule has 1 atom stereocenters. The van der Waals surface area contributed by atoms with E-state index in [0.717, 1.165) is 55.2 Å². The van der Waals surface area contributed by atoms with Gasteiger partial charge in [-0.2, -0.15) is 0 Å². The molecule has 2 aromatic carbocycles. The summed E-state index contributed by atoms with van der Waals surface area (Å²) in [6.07, 6.45) is 1.94. The molecule has 0 bridgehead atoms. The Morgan fingerprint density at radius 1 is 1.15 bits per heavy atom. The molecule has 2 heterocycles. The maximum absolute atomic E-state index is 5.87. The second-order valence-electron chi connectivity index (χ2n) is 6.91. The highest BCUT2D eigenvalue weighted by atomic mass is 16.3. The van der Waals surface area contributed by atoms with Crippen LogP contribution in [0.4, 0.5) is 5.69 Å². The average Bonchev–Trinajstić information content (AvgIpc) is 3.34. The monoisotopic (exact) mass is 362 g/mol. The molecule has 140 valence electrons. The van der Waals surface area contributed by atoms with Crippen molar-refractivity contribution in [1.82, 2.24) is 10.6 Å². The number of para-hydroxylation sites is 2. The largest absolute Gasteiger partial charge is 0.461 e. The lowest BCUT2D eigenvalue weighted by Crippen LogP contribution is -2.45. The Kier molecular flexibility index (Phi) is 5.28. The number of furan rings is 1. The zero-order chi connectivity index (χ0) is 18.5. The first-order chi connectivity index (χ1) is 13.3. The molecule has 2 N–H and O–H groups in total. The normalized spacial score (nSPS) is 17.4. The Hall–Kier alpha value is -2.95. The standard InChI is InChI=1S/C22H26N4O/c1-23-22(24-13-11-20-15-17-7-5-6-10-21(17)27-20)25-18-12-14-26(16-18)19-8-3-2-4-9-19/h2-10,15,18H,11-14,16H2,1H3,(H2,23,24,25). The van der Waals surface area contributed by atoms with Crippen molar-refractivity contribution in [2.24, 2.45) is 4.99 Å². The van der Waals surface area contributed by atoms with E-state index in [1.54, 1.807) is 0 Å². The number of hydrogen-bond acceptors (Lipinski definition) is 3. The molecular weight excluding hydrogens is 336 g/mol. The molecule has 4 rings (SSSR count). The van der Waals surface area contributed by atoms with Gasteiger partial charge in [-0.25, -0.2) is 0 Å². The Labute approximate surface area is 160 Å². The van der Waals surface area contributed by atoms with Crippen molar-refractivity contribution in [3.05, 3.63) is 66.4 Å². The van der Waals surface area contributed by atoms with Crippen molar-refractivity contribution in [2.75, 3.05) is 31.6 Å². The maximum atomic E-state index is 5.87. The summed E-state index contributed by atoms with van der Waals surface area (Å²) in [5, 5.41) is 8.10. The lowest BCUT2D eigenvalue weighted by molar-refractivity contribution is 0.543. The van der Waals surface area contributed by atoms with Gasteiger partial charge < -0.3 is 20.0 Å². The number of hydrogen-bond donors (Lipinski definition) is 2. The fourth-order valence-corrected chi connectivity index (χ4v) is 3.60. The van der Waals surface area contributed by atoms with Gasteiger partial charge in [0.05, 0.1) is 0 Å². The highest BCUT2D eigenvalue weighted by Crippen LogP contribution is 2.20. The predicted octanol–water partition coefficient (Wildman–Crippen LogP) is 3.42. The van der Waals surface area contributed by atoms with Crippen molar-refractivity contribution in [2.45, 2.75) is 18.9 Å². The fraction of sp³-hybridized carbons (Fsp3) is 0.318. The van der Waals surface area contributed by atoms with Crippen molar-refractivity contribution in [3.63, 3.8) is 0 Å². The zero-order valence-corrected chi connectivity index (χ0v) is 15.7. The van der Waals surface area contributed by atoms with Gasteiger partial charge >= 0.3 is 0 Å².